The first-order valence-electron chi connectivity index (χ1n) is 7.87. The second-order valence-electron chi connectivity index (χ2n) is 6.19. The van der Waals surface area contributed by atoms with Crippen molar-refractivity contribution in [2.75, 3.05) is 0 Å². The SMILES string of the molecule is CCCC1CCC(N)C(c2cncc3ccccc23)C1. The molecule has 0 saturated heterocycles. The maximum atomic E-state index is 6.43. The van der Waals surface area contributed by atoms with Crippen molar-refractivity contribution < 1.29 is 0 Å². The van der Waals surface area contributed by atoms with Crippen molar-refractivity contribution >= 4 is 10.8 Å². The van der Waals surface area contributed by atoms with E-state index in [9.17, 15) is 0 Å². The topological polar surface area (TPSA) is 38.9 Å². The molecule has 1 aromatic heterocycles. The smallest absolute Gasteiger partial charge is 0.0346 e. The number of nitrogens with zero attached hydrogens (tertiary/aromatic N) is 1. The van der Waals surface area contributed by atoms with E-state index in [4.69, 9.17) is 5.73 Å². The third-order valence-corrected chi connectivity index (χ3v) is 4.81. The van der Waals surface area contributed by atoms with Gasteiger partial charge in [0.1, 0.15) is 0 Å². The maximum Gasteiger partial charge on any atom is 0.0346 e. The molecule has 0 aliphatic heterocycles. The summed E-state index contributed by atoms with van der Waals surface area (Å²) in [5.74, 6) is 1.31. The number of hydrogen-bond donors (Lipinski definition) is 1. The molecule has 0 amide bonds. The first-order chi connectivity index (χ1) is 9.79. The zero-order valence-corrected chi connectivity index (χ0v) is 12.3. The van der Waals surface area contributed by atoms with Crippen LogP contribution in [0.1, 0.15) is 50.5 Å². The summed E-state index contributed by atoms with van der Waals surface area (Å²) in [4.78, 5) is 4.44. The van der Waals surface area contributed by atoms with Crippen LogP contribution in [0.4, 0.5) is 0 Å². The highest BCUT2D eigenvalue weighted by atomic mass is 14.7. The van der Waals surface area contributed by atoms with E-state index in [1.807, 2.05) is 12.4 Å². The molecule has 3 rings (SSSR count). The lowest BCUT2D eigenvalue weighted by Gasteiger charge is -2.34. The minimum atomic E-state index is 0.288. The van der Waals surface area contributed by atoms with Gasteiger partial charge in [0.2, 0.25) is 0 Å². The molecule has 20 heavy (non-hydrogen) atoms. The predicted molar refractivity (Wildman–Crippen MR) is 84.7 cm³/mol. The van der Waals surface area contributed by atoms with Crippen molar-refractivity contribution in [3.8, 4) is 0 Å². The Hall–Kier alpha value is -1.41. The summed E-state index contributed by atoms with van der Waals surface area (Å²) in [6.45, 7) is 2.28. The van der Waals surface area contributed by atoms with E-state index in [2.05, 4.69) is 36.2 Å². The molecule has 1 saturated carbocycles. The zero-order chi connectivity index (χ0) is 13.9. The second kappa shape index (κ2) is 5.92. The summed E-state index contributed by atoms with van der Waals surface area (Å²) in [5, 5.41) is 2.56. The molecule has 1 aliphatic rings. The highest BCUT2D eigenvalue weighted by Gasteiger charge is 2.29. The lowest BCUT2D eigenvalue weighted by molar-refractivity contribution is 0.275. The average molecular weight is 268 g/mol. The van der Waals surface area contributed by atoms with Crippen LogP contribution >= 0.6 is 0 Å². The lowest BCUT2D eigenvalue weighted by Crippen LogP contribution is -2.34. The highest BCUT2D eigenvalue weighted by molar-refractivity contribution is 5.85. The minimum Gasteiger partial charge on any atom is -0.327 e. The number of nitrogens with two attached hydrogens (primary N) is 1. The van der Waals surface area contributed by atoms with Gasteiger partial charge in [-0.25, -0.2) is 0 Å². The molecule has 0 bridgehead atoms. The van der Waals surface area contributed by atoms with Gasteiger partial charge in [-0.15, -0.1) is 0 Å². The number of benzene rings is 1. The summed E-state index contributed by atoms with van der Waals surface area (Å²) in [6, 6.07) is 8.83. The van der Waals surface area contributed by atoms with Crippen LogP contribution in [0.3, 0.4) is 0 Å². The molecule has 2 heteroatoms. The van der Waals surface area contributed by atoms with Crippen LogP contribution in [0.5, 0.6) is 0 Å². The monoisotopic (exact) mass is 268 g/mol. The van der Waals surface area contributed by atoms with Gasteiger partial charge in [0.05, 0.1) is 0 Å². The van der Waals surface area contributed by atoms with Crippen molar-refractivity contribution in [1.29, 1.82) is 0 Å². The average Bonchev–Trinajstić information content (AvgIpc) is 2.49. The van der Waals surface area contributed by atoms with Crippen molar-refractivity contribution in [2.45, 2.75) is 51.0 Å². The van der Waals surface area contributed by atoms with Gasteiger partial charge < -0.3 is 5.73 Å². The molecule has 1 aliphatic carbocycles. The summed E-state index contributed by atoms with van der Waals surface area (Å²) in [5.41, 5.74) is 7.79. The molecule has 1 aromatic carbocycles. The van der Waals surface area contributed by atoms with Gasteiger partial charge >= 0.3 is 0 Å². The Morgan fingerprint density at radius 1 is 1.20 bits per heavy atom. The van der Waals surface area contributed by atoms with Crippen molar-refractivity contribution in [1.82, 2.24) is 4.98 Å². The molecule has 2 aromatic rings. The largest absolute Gasteiger partial charge is 0.327 e. The van der Waals surface area contributed by atoms with Gasteiger partial charge in [-0.3, -0.25) is 4.98 Å². The van der Waals surface area contributed by atoms with Crippen LogP contribution in [0, 0.1) is 5.92 Å². The van der Waals surface area contributed by atoms with E-state index in [1.165, 1.54) is 42.0 Å². The molecule has 106 valence electrons. The molecule has 0 spiro atoms. The Labute approximate surface area is 121 Å². The standard InChI is InChI=1S/C18H24N2/c1-2-5-13-8-9-18(19)16(10-13)17-12-20-11-14-6-3-4-7-15(14)17/h3-4,6-7,11-13,16,18H,2,5,8-10,19H2,1H3. The van der Waals surface area contributed by atoms with Crippen molar-refractivity contribution in [3.05, 3.63) is 42.2 Å². The fraction of sp³-hybridized carbons (Fsp3) is 0.500. The van der Waals surface area contributed by atoms with Crippen LogP contribution in [-0.4, -0.2) is 11.0 Å². The third kappa shape index (κ3) is 2.57. The summed E-state index contributed by atoms with van der Waals surface area (Å²) in [7, 11) is 0. The zero-order valence-electron chi connectivity index (χ0n) is 12.3. The van der Waals surface area contributed by atoms with Crippen molar-refractivity contribution in [3.63, 3.8) is 0 Å². The number of aromatic nitrogens is 1. The fourth-order valence-corrected chi connectivity index (χ4v) is 3.74. The Kier molecular flexibility index (Phi) is 4.02. The predicted octanol–water partition coefficient (Wildman–Crippen LogP) is 4.25. The van der Waals surface area contributed by atoms with E-state index in [1.54, 1.807) is 0 Å². The van der Waals surface area contributed by atoms with Crippen LogP contribution in [0.25, 0.3) is 10.8 Å². The van der Waals surface area contributed by atoms with Crippen molar-refractivity contribution in [2.24, 2.45) is 11.7 Å². The molecular weight excluding hydrogens is 244 g/mol. The minimum absolute atomic E-state index is 0.288. The Bertz CT molecular complexity index is 573. The maximum absolute atomic E-state index is 6.43. The van der Waals surface area contributed by atoms with Crippen LogP contribution in [-0.2, 0) is 0 Å². The Morgan fingerprint density at radius 2 is 2.05 bits per heavy atom. The third-order valence-electron chi connectivity index (χ3n) is 4.81. The molecule has 1 fully saturated rings. The van der Waals surface area contributed by atoms with Gasteiger partial charge in [-0.1, -0.05) is 44.0 Å². The van der Waals surface area contributed by atoms with Gasteiger partial charge in [0.25, 0.3) is 0 Å². The molecule has 3 atom stereocenters. The van der Waals surface area contributed by atoms with E-state index < -0.39 is 0 Å². The first-order valence-corrected chi connectivity index (χ1v) is 7.87. The van der Waals surface area contributed by atoms with E-state index in [0.717, 1.165) is 12.3 Å². The summed E-state index contributed by atoms with van der Waals surface area (Å²) < 4.78 is 0. The van der Waals surface area contributed by atoms with Gasteiger partial charge in [0, 0.05) is 29.7 Å². The molecule has 0 radical (unpaired) electrons. The molecule has 2 nitrogen and oxygen atoms in total. The first kappa shape index (κ1) is 13.6. The van der Waals surface area contributed by atoms with E-state index in [0.29, 0.717) is 5.92 Å². The van der Waals surface area contributed by atoms with Crippen LogP contribution < -0.4 is 5.73 Å². The molecule has 2 N–H and O–H groups in total. The Balaban J connectivity index is 1.96. The summed E-state index contributed by atoms with van der Waals surface area (Å²) in [6.07, 6.45) is 10.3. The normalized spacial score (nSPS) is 26.8. The number of hydrogen-bond acceptors (Lipinski definition) is 2. The molecule has 1 heterocycles. The number of pyridine rings is 1. The number of fused-ring (bicyclic) bond motifs is 1. The molecular formula is C18H24N2. The summed E-state index contributed by atoms with van der Waals surface area (Å²) >= 11 is 0. The van der Waals surface area contributed by atoms with E-state index >= 15 is 0 Å². The van der Waals surface area contributed by atoms with Crippen LogP contribution in [0.2, 0.25) is 0 Å². The van der Waals surface area contributed by atoms with Crippen LogP contribution in [0.15, 0.2) is 36.7 Å². The highest BCUT2D eigenvalue weighted by Crippen LogP contribution is 2.39. The fourth-order valence-electron chi connectivity index (χ4n) is 3.74. The van der Waals surface area contributed by atoms with Gasteiger partial charge in [-0.2, -0.15) is 0 Å². The Morgan fingerprint density at radius 3 is 2.90 bits per heavy atom. The number of rotatable bonds is 3. The van der Waals surface area contributed by atoms with Gasteiger partial charge in [-0.05, 0) is 36.1 Å². The van der Waals surface area contributed by atoms with E-state index in [-0.39, 0.29) is 6.04 Å². The molecule has 3 unspecified atom stereocenters. The lowest BCUT2D eigenvalue weighted by atomic mass is 9.73. The second-order valence-corrected chi connectivity index (χ2v) is 6.19. The van der Waals surface area contributed by atoms with Gasteiger partial charge in [0.15, 0.2) is 0 Å². The quantitative estimate of drug-likeness (QED) is 0.904.